The summed E-state index contributed by atoms with van der Waals surface area (Å²) in [7, 11) is 0. The van der Waals surface area contributed by atoms with E-state index in [1.807, 2.05) is 0 Å². The fraction of sp³-hybridized carbons (Fsp3) is 0.348. The van der Waals surface area contributed by atoms with E-state index < -0.39 is 12.3 Å². The first-order valence-electron chi connectivity index (χ1n) is 10.5. The zero-order chi connectivity index (χ0) is 21.4. The van der Waals surface area contributed by atoms with Crippen LogP contribution in [0.4, 0.5) is 4.39 Å². The van der Waals surface area contributed by atoms with E-state index >= 15 is 0 Å². The van der Waals surface area contributed by atoms with Crippen molar-refractivity contribution in [3.63, 3.8) is 0 Å². The smallest absolute Gasteiger partial charge is 0.248 e. The molecule has 7 nitrogen and oxygen atoms in total. The average Bonchev–Trinajstić information content (AvgIpc) is 2.78. The van der Waals surface area contributed by atoms with E-state index in [2.05, 4.69) is 20.5 Å². The molecule has 4 atom stereocenters. The number of alkyl halides is 1. The summed E-state index contributed by atoms with van der Waals surface area (Å²) in [6.07, 6.45) is 3.50. The van der Waals surface area contributed by atoms with Gasteiger partial charge in [-0.25, -0.2) is 4.39 Å². The van der Waals surface area contributed by atoms with Gasteiger partial charge >= 0.3 is 0 Å². The van der Waals surface area contributed by atoms with Gasteiger partial charge in [0.15, 0.2) is 6.17 Å². The van der Waals surface area contributed by atoms with Crippen molar-refractivity contribution in [1.82, 2.24) is 20.5 Å². The van der Waals surface area contributed by atoms with Crippen LogP contribution in [0.25, 0.3) is 22.4 Å². The molecule has 2 saturated heterocycles. The Hall–Kier alpha value is -3.26. The number of fused-ring (bicyclic) bond motifs is 2. The molecule has 0 spiro atoms. The molecule has 1 aromatic carbocycles. The lowest BCUT2D eigenvalue weighted by molar-refractivity contribution is 0.00652. The van der Waals surface area contributed by atoms with Gasteiger partial charge in [0.2, 0.25) is 11.4 Å². The number of phenolic OH excluding ortho intramolecular Hbond substituents is 1. The van der Waals surface area contributed by atoms with E-state index in [1.165, 1.54) is 6.07 Å². The van der Waals surface area contributed by atoms with E-state index in [0.717, 1.165) is 19.3 Å². The van der Waals surface area contributed by atoms with Gasteiger partial charge < -0.3 is 20.1 Å². The van der Waals surface area contributed by atoms with Crippen molar-refractivity contribution >= 4 is 0 Å². The first-order valence-corrected chi connectivity index (χ1v) is 10.5. The number of hydrogen-bond acceptors (Lipinski definition) is 6. The van der Waals surface area contributed by atoms with Gasteiger partial charge in [0.25, 0.3) is 0 Å². The molecule has 3 N–H and O–H groups in total. The minimum atomic E-state index is -1.07. The Kier molecular flexibility index (Phi) is 5.15. The van der Waals surface area contributed by atoms with E-state index in [0.29, 0.717) is 34.8 Å². The van der Waals surface area contributed by atoms with Gasteiger partial charge in [0.05, 0.1) is 5.69 Å². The summed E-state index contributed by atoms with van der Waals surface area (Å²) in [5.74, 6) is 0.298. The molecule has 4 heterocycles. The molecule has 0 aliphatic carbocycles. The van der Waals surface area contributed by atoms with Crippen LogP contribution in [-0.4, -0.2) is 44.6 Å². The number of hydrogen-bond donors (Lipinski definition) is 3. The molecular weight excluding hydrogens is 399 g/mol. The fourth-order valence-electron chi connectivity index (χ4n) is 4.51. The van der Waals surface area contributed by atoms with Crippen LogP contribution in [-0.2, 0) is 0 Å². The van der Waals surface area contributed by atoms with E-state index in [4.69, 9.17) is 4.74 Å². The zero-order valence-electron chi connectivity index (χ0n) is 16.8. The summed E-state index contributed by atoms with van der Waals surface area (Å²) in [6.45, 7) is 0. The first kappa shape index (κ1) is 19.7. The third-order valence-electron chi connectivity index (χ3n) is 6.07. The Morgan fingerprint density at radius 2 is 1.94 bits per heavy atom. The average molecular weight is 422 g/mol. The minimum absolute atomic E-state index is 0.0238. The third kappa shape index (κ3) is 4.03. The summed E-state index contributed by atoms with van der Waals surface area (Å²) in [6, 6.07) is 11.8. The molecule has 31 heavy (non-hydrogen) atoms. The van der Waals surface area contributed by atoms with Gasteiger partial charge in [-0.05, 0) is 48.2 Å². The van der Waals surface area contributed by atoms with Crippen LogP contribution in [0.15, 0.2) is 53.5 Å². The SMILES string of the molecule is O=c1cc(-c2ccc(-c3ccc(O[C@H]4C[C@@H]5CCC[C@@H](N5)[C@H]4F)nn3)c(O)c2)cc[nH]1. The Labute approximate surface area is 178 Å². The lowest BCUT2D eigenvalue weighted by atomic mass is 9.84. The molecule has 0 unspecified atom stereocenters. The molecule has 0 amide bonds. The Bertz CT molecular complexity index is 1130. The van der Waals surface area contributed by atoms with Gasteiger partial charge in [0, 0.05) is 42.4 Å². The number of benzene rings is 1. The number of ether oxygens (including phenoxy) is 1. The van der Waals surface area contributed by atoms with Crippen molar-refractivity contribution in [2.24, 2.45) is 0 Å². The first-order chi connectivity index (χ1) is 15.1. The molecule has 0 saturated carbocycles. The van der Waals surface area contributed by atoms with Crippen molar-refractivity contribution in [2.75, 3.05) is 0 Å². The highest BCUT2D eigenvalue weighted by molar-refractivity contribution is 5.74. The van der Waals surface area contributed by atoms with Crippen molar-refractivity contribution in [3.8, 4) is 34.0 Å². The van der Waals surface area contributed by atoms with Crippen LogP contribution in [0.2, 0.25) is 0 Å². The second kappa shape index (κ2) is 8.11. The number of phenols is 1. The zero-order valence-corrected chi connectivity index (χ0v) is 16.8. The maximum Gasteiger partial charge on any atom is 0.248 e. The van der Waals surface area contributed by atoms with Gasteiger partial charge in [-0.15, -0.1) is 10.2 Å². The summed E-state index contributed by atoms with van der Waals surface area (Å²) in [4.78, 5) is 14.1. The molecule has 8 heteroatoms. The van der Waals surface area contributed by atoms with Crippen LogP contribution in [0.3, 0.4) is 0 Å². The molecule has 2 aromatic heterocycles. The standard InChI is InChI=1S/C23H23FN4O3/c24-23-18-3-1-2-15(26-18)12-20(23)31-22-7-6-17(27-28-22)16-5-4-13(10-19(16)29)14-8-9-25-21(30)11-14/h4-11,15,18,20,23,26,29H,1-3,12H2,(H,25,30)/t15-,18+,20-,23+/m0/s1. The van der Waals surface area contributed by atoms with Crippen LogP contribution < -0.4 is 15.6 Å². The monoisotopic (exact) mass is 422 g/mol. The number of H-pyrrole nitrogens is 1. The Balaban J connectivity index is 1.32. The number of nitrogens with one attached hydrogen (secondary N) is 2. The van der Waals surface area contributed by atoms with Crippen molar-refractivity contribution < 1.29 is 14.2 Å². The van der Waals surface area contributed by atoms with Gasteiger partial charge in [-0.3, -0.25) is 4.79 Å². The summed E-state index contributed by atoms with van der Waals surface area (Å²) in [5, 5.41) is 22.1. The maximum absolute atomic E-state index is 14.7. The van der Waals surface area contributed by atoms with Crippen LogP contribution >= 0.6 is 0 Å². The predicted octanol–water partition coefficient (Wildman–Crippen LogP) is 3.20. The number of aromatic amines is 1. The largest absolute Gasteiger partial charge is 0.507 e. The highest BCUT2D eigenvalue weighted by atomic mass is 19.1. The molecule has 160 valence electrons. The summed E-state index contributed by atoms with van der Waals surface area (Å²) in [5.41, 5.74) is 2.18. The number of aromatic nitrogens is 3. The minimum Gasteiger partial charge on any atom is -0.507 e. The highest BCUT2D eigenvalue weighted by Gasteiger charge is 2.41. The number of aromatic hydroxyl groups is 1. The molecule has 0 radical (unpaired) electrons. The Morgan fingerprint density at radius 3 is 2.71 bits per heavy atom. The Morgan fingerprint density at radius 1 is 1.06 bits per heavy atom. The summed E-state index contributed by atoms with van der Waals surface area (Å²) >= 11 is 0. The number of rotatable bonds is 4. The molecular formula is C23H23FN4O3. The maximum atomic E-state index is 14.7. The number of nitrogens with zero attached hydrogens (tertiary/aromatic N) is 2. The van der Waals surface area contributed by atoms with Crippen molar-refractivity contribution in [2.45, 2.75) is 50.0 Å². The second-order valence-corrected chi connectivity index (χ2v) is 8.17. The van der Waals surface area contributed by atoms with E-state index in [9.17, 15) is 14.3 Å². The molecule has 2 aliphatic rings. The van der Waals surface area contributed by atoms with E-state index in [1.54, 1.807) is 42.6 Å². The van der Waals surface area contributed by atoms with Gasteiger partial charge in [0.1, 0.15) is 11.9 Å². The third-order valence-corrected chi connectivity index (χ3v) is 6.07. The quantitative estimate of drug-likeness (QED) is 0.597. The van der Waals surface area contributed by atoms with Gasteiger partial charge in [-0.2, -0.15) is 0 Å². The van der Waals surface area contributed by atoms with E-state index in [-0.39, 0.29) is 23.2 Å². The second-order valence-electron chi connectivity index (χ2n) is 8.17. The fourth-order valence-corrected chi connectivity index (χ4v) is 4.51. The summed E-state index contributed by atoms with van der Waals surface area (Å²) < 4.78 is 20.5. The highest BCUT2D eigenvalue weighted by Crippen LogP contribution is 2.33. The van der Waals surface area contributed by atoms with Crippen LogP contribution in [0, 0.1) is 0 Å². The lowest BCUT2D eigenvalue weighted by Crippen LogP contribution is -2.59. The molecule has 2 fully saturated rings. The normalized spacial score (nSPS) is 25.2. The van der Waals surface area contributed by atoms with Crippen LogP contribution in [0.1, 0.15) is 25.7 Å². The number of halogens is 1. The molecule has 5 rings (SSSR count). The molecule has 2 bridgehead atoms. The number of pyridine rings is 1. The van der Waals surface area contributed by atoms with Gasteiger partial charge in [-0.1, -0.05) is 12.5 Å². The van der Waals surface area contributed by atoms with Crippen molar-refractivity contribution in [3.05, 3.63) is 59.0 Å². The molecule has 2 aliphatic heterocycles. The van der Waals surface area contributed by atoms with Crippen molar-refractivity contribution in [1.29, 1.82) is 0 Å². The topological polar surface area (TPSA) is 100 Å². The predicted molar refractivity (Wildman–Crippen MR) is 114 cm³/mol. The molecule has 3 aromatic rings. The lowest BCUT2D eigenvalue weighted by Gasteiger charge is -2.42. The van der Waals surface area contributed by atoms with Crippen LogP contribution in [0.5, 0.6) is 11.6 Å². The number of piperidine rings is 2.